The van der Waals surface area contributed by atoms with Crippen LogP contribution in [0, 0.1) is 17.1 Å². The highest BCUT2D eigenvalue weighted by Crippen LogP contribution is 2.25. The van der Waals surface area contributed by atoms with Crippen LogP contribution in [0.1, 0.15) is 5.76 Å². The number of benzene rings is 1. The molecule has 2 rings (SSSR count). The molecule has 5 heteroatoms. The molecule has 0 saturated heterocycles. The fraction of sp³-hybridized carbons (Fsp3) is 0. The first-order valence-electron chi connectivity index (χ1n) is 5.38. The number of nitrogens with two attached hydrogens (primary N) is 1. The molecular weight excluding hydrogens is 263 g/mol. The maximum atomic E-state index is 13.6. The summed E-state index contributed by atoms with van der Waals surface area (Å²) in [5.74, 6) is 0.398. The monoisotopic (exact) mass is 272 g/mol. The molecule has 0 aliphatic rings. The van der Waals surface area contributed by atoms with Gasteiger partial charge in [-0.3, -0.25) is 0 Å². The summed E-state index contributed by atoms with van der Waals surface area (Å²) in [6, 6.07) is 11.4. The van der Waals surface area contributed by atoms with Crippen molar-refractivity contribution in [3.05, 3.63) is 53.5 Å². The zero-order valence-electron chi connectivity index (χ0n) is 9.76. The fourth-order valence-corrected chi connectivity index (χ4v) is 1.64. The molecule has 0 aliphatic heterocycles. The average Bonchev–Trinajstić information content (AvgIpc) is 2.84. The van der Waals surface area contributed by atoms with E-state index in [1.807, 2.05) is 6.07 Å². The SMILES string of the molecule is N#C/C(=C\c1ccc(-c2ccccc2F)o1)C(N)=S. The van der Waals surface area contributed by atoms with Crippen molar-refractivity contribution in [3.63, 3.8) is 0 Å². The number of halogens is 1. The first kappa shape index (κ1) is 13.0. The lowest BCUT2D eigenvalue weighted by Gasteiger charge is -1.98. The van der Waals surface area contributed by atoms with Gasteiger partial charge in [-0.25, -0.2) is 4.39 Å². The Kier molecular flexibility index (Phi) is 3.74. The second-order valence-corrected chi connectivity index (χ2v) is 4.16. The van der Waals surface area contributed by atoms with Crippen molar-refractivity contribution in [2.45, 2.75) is 0 Å². The summed E-state index contributed by atoms with van der Waals surface area (Å²) in [5.41, 5.74) is 5.88. The predicted molar refractivity (Wildman–Crippen MR) is 74.5 cm³/mol. The third kappa shape index (κ3) is 2.87. The molecule has 1 aromatic carbocycles. The van der Waals surface area contributed by atoms with E-state index in [2.05, 4.69) is 0 Å². The van der Waals surface area contributed by atoms with E-state index in [0.29, 0.717) is 17.1 Å². The summed E-state index contributed by atoms with van der Waals surface area (Å²) in [7, 11) is 0. The van der Waals surface area contributed by atoms with E-state index in [4.69, 9.17) is 27.6 Å². The van der Waals surface area contributed by atoms with Crippen LogP contribution in [0.15, 0.2) is 46.4 Å². The van der Waals surface area contributed by atoms with Crippen LogP contribution in [0.4, 0.5) is 4.39 Å². The Morgan fingerprint density at radius 3 is 2.68 bits per heavy atom. The molecule has 0 saturated carbocycles. The number of thiocarbonyl (C=S) groups is 1. The second kappa shape index (κ2) is 5.46. The lowest BCUT2D eigenvalue weighted by molar-refractivity contribution is 0.561. The van der Waals surface area contributed by atoms with Gasteiger partial charge in [0, 0.05) is 6.08 Å². The summed E-state index contributed by atoms with van der Waals surface area (Å²) in [6.07, 6.45) is 1.42. The van der Waals surface area contributed by atoms with Gasteiger partial charge >= 0.3 is 0 Å². The van der Waals surface area contributed by atoms with Gasteiger partial charge in [0.15, 0.2) is 0 Å². The molecule has 3 nitrogen and oxygen atoms in total. The summed E-state index contributed by atoms with van der Waals surface area (Å²) in [5, 5.41) is 8.84. The predicted octanol–water partition coefficient (Wildman–Crippen LogP) is 3.28. The number of furan rings is 1. The molecule has 0 fully saturated rings. The highest BCUT2D eigenvalue weighted by atomic mass is 32.1. The molecule has 0 radical (unpaired) electrons. The van der Waals surface area contributed by atoms with Crippen LogP contribution in [-0.4, -0.2) is 4.99 Å². The van der Waals surface area contributed by atoms with Gasteiger partial charge in [-0.15, -0.1) is 0 Å². The van der Waals surface area contributed by atoms with E-state index >= 15 is 0 Å². The normalized spacial score (nSPS) is 11.1. The van der Waals surface area contributed by atoms with E-state index in [1.165, 1.54) is 12.1 Å². The minimum Gasteiger partial charge on any atom is -0.457 e. The van der Waals surface area contributed by atoms with Gasteiger partial charge in [-0.05, 0) is 24.3 Å². The van der Waals surface area contributed by atoms with Gasteiger partial charge in [-0.2, -0.15) is 5.26 Å². The van der Waals surface area contributed by atoms with E-state index in [0.717, 1.165) is 0 Å². The van der Waals surface area contributed by atoms with Crippen LogP contribution in [0.2, 0.25) is 0 Å². The Bertz CT molecular complexity index is 697. The van der Waals surface area contributed by atoms with Crippen LogP contribution < -0.4 is 5.73 Å². The molecule has 0 unspecified atom stereocenters. The molecular formula is C14H9FN2OS. The average molecular weight is 272 g/mol. The van der Waals surface area contributed by atoms with Crippen molar-refractivity contribution in [1.29, 1.82) is 5.26 Å². The molecule has 2 aromatic rings. The summed E-state index contributed by atoms with van der Waals surface area (Å²) < 4.78 is 19.0. The maximum Gasteiger partial charge on any atom is 0.137 e. The van der Waals surface area contributed by atoms with Gasteiger partial charge in [0.05, 0.1) is 11.1 Å². The van der Waals surface area contributed by atoms with Crippen LogP contribution in [0.25, 0.3) is 17.4 Å². The Labute approximate surface area is 114 Å². The minimum absolute atomic E-state index is 0.00802. The standard InChI is InChI=1S/C14H9FN2OS/c15-12-4-2-1-3-11(12)13-6-5-10(18-13)7-9(8-16)14(17)19/h1-7H,(H2,17,19)/b9-7+. The van der Waals surface area contributed by atoms with Crippen LogP contribution in [0.3, 0.4) is 0 Å². The van der Waals surface area contributed by atoms with E-state index < -0.39 is 0 Å². The highest BCUT2D eigenvalue weighted by Gasteiger charge is 2.09. The van der Waals surface area contributed by atoms with Gasteiger partial charge in [-0.1, -0.05) is 24.4 Å². The lowest BCUT2D eigenvalue weighted by atomic mass is 10.1. The lowest BCUT2D eigenvalue weighted by Crippen LogP contribution is -2.09. The summed E-state index contributed by atoms with van der Waals surface area (Å²) in [4.78, 5) is -0.00802. The molecule has 0 atom stereocenters. The molecule has 0 aliphatic carbocycles. The fourth-order valence-electron chi connectivity index (χ4n) is 1.54. The minimum atomic E-state index is -0.373. The molecule has 19 heavy (non-hydrogen) atoms. The van der Waals surface area contributed by atoms with Crippen molar-refractivity contribution in [2.24, 2.45) is 5.73 Å². The summed E-state index contributed by atoms with van der Waals surface area (Å²) in [6.45, 7) is 0. The smallest absolute Gasteiger partial charge is 0.137 e. The number of hydrogen-bond donors (Lipinski definition) is 1. The zero-order valence-corrected chi connectivity index (χ0v) is 10.6. The zero-order chi connectivity index (χ0) is 13.8. The topological polar surface area (TPSA) is 63.0 Å². The number of rotatable bonds is 3. The molecule has 0 spiro atoms. The third-order valence-corrected chi connectivity index (χ3v) is 2.66. The van der Waals surface area contributed by atoms with Crippen molar-refractivity contribution in [3.8, 4) is 17.4 Å². The van der Waals surface area contributed by atoms with Crippen molar-refractivity contribution < 1.29 is 8.81 Å². The van der Waals surface area contributed by atoms with Gasteiger partial charge in [0.25, 0.3) is 0 Å². The van der Waals surface area contributed by atoms with Crippen molar-refractivity contribution >= 4 is 23.3 Å². The van der Waals surface area contributed by atoms with Crippen LogP contribution >= 0.6 is 12.2 Å². The Morgan fingerprint density at radius 2 is 2.05 bits per heavy atom. The third-order valence-electron chi connectivity index (χ3n) is 2.44. The number of nitriles is 1. The van der Waals surface area contributed by atoms with E-state index in [1.54, 1.807) is 30.3 Å². The van der Waals surface area contributed by atoms with Crippen LogP contribution in [0.5, 0.6) is 0 Å². The molecule has 0 amide bonds. The molecule has 94 valence electrons. The molecule has 1 heterocycles. The Hall–Kier alpha value is -2.45. The van der Waals surface area contributed by atoms with Crippen molar-refractivity contribution in [1.82, 2.24) is 0 Å². The Balaban J connectivity index is 2.38. The molecule has 0 bridgehead atoms. The quantitative estimate of drug-likeness (QED) is 0.529. The van der Waals surface area contributed by atoms with Gasteiger partial charge < -0.3 is 10.2 Å². The molecule has 2 N–H and O–H groups in total. The largest absolute Gasteiger partial charge is 0.457 e. The highest BCUT2D eigenvalue weighted by molar-refractivity contribution is 7.80. The van der Waals surface area contributed by atoms with Gasteiger partial charge in [0.2, 0.25) is 0 Å². The first-order chi connectivity index (χ1) is 9.11. The van der Waals surface area contributed by atoms with Crippen molar-refractivity contribution in [2.75, 3.05) is 0 Å². The molecule has 1 aromatic heterocycles. The number of hydrogen-bond acceptors (Lipinski definition) is 3. The van der Waals surface area contributed by atoms with E-state index in [-0.39, 0.29) is 16.4 Å². The second-order valence-electron chi connectivity index (χ2n) is 3.72. The number of nitrogens with zero attached hydrogens (tertiary/aromatic N) is 1. The maximum absolute atomic E-state index is 13.6. The van der Waals surface area contributed by atoms with E-state index in [9.17, 15) is 4.39 Å². The van der Waals surface area contributed by atoms with Crippen LogP contribution in [-0.2, 0) is 0 Å². The van der Waals surface area contributed by atoms with Gasteiger partial charge in [0.1, 0.15) is 28.4 Å². The first-order valence-corrected chi connectivity index (χ1v) is 5.79. The Morgan fingerprint density at radius 1 is 1.32 bits per heavy atom. The summed E-state index contributed by atoms with van der Waals surface area (Å²) >= 11 is 4.72.